The van der Waals surface area contributed by atoms with Crippen LogP contribution in [0.5, 0.6) is 0 Å². The predicted molar refractivity (Wildman–Crippen MR) is 38.9 cm³/mol. The summed E-state index contributed by atoms with van der Waals surface area (Å²) in [4.78, 5) is 3.08. The quantitative estimate of drug-likeness (QED) is 0.628. The number of hydrogen-bond acceptors (Lipinski definition) is 1. The molecule has 1 nitrogen and oxygen atoms in total. The lowest BCUT2D eigenvalue weighted by molar-refractivity contribution is 0.144. The summed E-state index contributed by atoms with van der Waals surface area (Å²) in [5.41, 5.74) is -0.679. The smallest absolute Gasteiger partial charge is 0.226 e. The molecule has 1 heterocycles. The third-order valence-electron chi connectivity index (χ3n) is 1.49. The average Bonchev–Trinajstić information content (AvgIpc) is 1.97. The fraction of sp³-hybridized carbons (Fsp3) is 0.286. The summed E-state index contributed by atoms with van der Waals surface area (Å²) in [7, 11) is 0. The average molecular weight is 196 g/mol. The molecule has 0 aromatic carbocycles. The van der Waals surface area contributed by atoms with Crippen LogP contribution in [0.25, 0.3) is 0 Å². The second-order valence-electron chi connectivity index (χ2n) is 2.24. The number of aromatic nitrogens is 1. The lowest BCUT2D eigenvalue weighted by atomic mass is 10.1. The first kappa shape index (κ1) is 9.32. The van der Waals surface area contributed by atoms with Crippen molar-refractivity contribution in [3.63, 3.8) is 0 Å². The van der Waals surface area contributed by atoms with E-state index in [0.29, 0.717) is 0 Å². The molecule has 0 N–H and O–H groups in total. The molecule has 1 aromatic heterocycles. The highest BCUT2D eigenvalue weighted by molar-refractivity contribution is 6.31. The maximum absolute atomic E-state index is 12.6. The molecular formula is C7H5ClF3N. The summed E-state index contributed by atoms with van der Waals surface area (Å²) in [5.74, 6) is -1.16. The molecule has 0 aliphatic carbocycles. The fourth-order valence-corrected chi connectivity index (χ4v) is 0.967. The Labute approximate surface area is 72.2 Å². The first-order valence-corrected chi connectivity index (χ1v) is 3.50. The third kappa shape index (κ3) is 1.53. The van der Waals surface area contributed by atoms with Crippen LogP contribution in [0, 0.1) is 12.9 Å². The largest absolute Gasteiger partial charge is 0.268 e. The number of alkyl halides is 2. The lowest BCUT2D eigenvalue weighted by Gasteiger charge is -2.05. The monoisotopic (exact) mass is 195 g/mol. The SMILES string of the molecule is Cc1c(Cl)cnc(F)c1C(F)F. The van der Waals surface area contributed by atoms with Crippen molar-refractivity contribution in [2.75, 3.05) is 0 Å². The zero-order chi connectivity index (χ0) is 9.30. The molecule has 12 heavy (non-hydrogen) atoms. The summed E-state index contributed by atoms with van der Waals surface area (Å²) < 4.78 is 36.9. The third-order valence-corrected chi connectivity index (χ3v) is 1.88. The van der Waals surface area contributed by atoms with E-state index in [1.165, 1.54) is 6.92 Å². The van der Waals surface area contributed by atoms with Crippen molar-refractivity contribution in [3.05, 3.63) is 28.3 Å². The Morgan fingerprint density at radius 2 is 2.08 bits per heavy atom. The van der Waals surface area contributed by atoms with Gasteiger partial charge in [0.2, 0.25) is 5.95 Å². The van der Waals surface area contributed by atoms with E-state index >= 15 is 0 Å². The van der Waals surface area contributed by atoms with Crippen LogP contribution < -0.4 is 0 Å². The minimum Gasteiger partial charge on any atom is -0.226 e. The van der Waals surface area contributed by atoms with Gasteiger partial charge in [0.25, 0.3) is 6.43 Å². The molecule has 1 aromatic rings. The second-order valence-corrected chi connectivity index (χ2v) is 2.64. The number of halogens is 4. The minimum atomic E-state index is -2.88. The molecular weight excluding hydrogens is 191 g/mol. The molecule has 5 heteroatoms. The van der Waals surface area contributed by atoms with E-state index in [1.54, 1.807) is 0 Å². The van der Waals surface area contributed by atoms with Gasteiger partial charge in [-0.2, -0.15) is 4.39 Å². The normalized spacial score (nSPS) is 10.8. The van der Waals surface area contributed by atoms with E-state index in [1.807, 2.05) is 0 Å². The molecule has 0 unspecified atom stereocenters. The Morgan fingerprint density at radius 1 is 1.50 bits per heavy atom. The molecule has 0 amide bonds. The van der Waals surface area contributed by atoms with Crippen LogP contribution in [-0.2, 0) is 0 Å². The lowest BCUT2D eigenvalue weighted by Crippen LogP contribution is -1.98. The van der Waals surface area contributed by atoms with Crippen molar-refractivity contribution >= 4 is 11.6 Å². The number of hydrogen-bond donors (Lipinski definition) is 0. The second kappa shape index (κ2) is 3.31. The van der Waals surface area contributed by atoms with E-state index in [4.69, 9.17) is 11.6 Å². The molecule has 0 radical (unpaired) electrons. The van der Waals surface area contributed by atoms with Crippen LogP contribution >= 0.6 is 11.6 Å². The van der Waals surface area contributed by atoms with Crippen LogP contribution in [0.15, 0.2) is 6.20 Å². The van der Waals surface area contributed by atoms with Crippen LogP contribution in [0.1, 0.15) is 17.6 Å². The summed E-state index contributed by atoms with van der Waals surface area (Å²) in [6.45, 7) is 1.33. The molecule has 0 bridgehead atoms. The van der Waals surface area contributed by atoms with Gasteiger partial charge in [-0.25, -0.2) is 13.8 Å². The van der Waals surface area contributed by atoms with Gasteiger partial charge in [0.15, 0.2) is 0 Å². The molecule has 0 fully saturated rings. The Morgan fingerprint density at radius 3 is 2.50 bits per heavy atom. The van der Waals surface area contributed by atoms with E-state index < -0.39 is 17.9 Å². The van der Waals surface area contributed by atoms with Crippen LogP contribution in [0.2, 0.25) is 5.02 Å². The van der Waals surface area contributed by atoms with E-state index in [2.05, 4.69) is 4.98 Å². The maximum Gasteiger partial charge on any atom is 0.268 e. The van der Waals surface area contributed by atoms with Gasteiger partial charge in [-0.05, 0) is 12.5 Å². The molecule has 0 saturated carbocycles. The zero-order valence-electron chi connectivity index (χ0n) is 6.11. The van der Waals surface area contributed by atoms with Crippen molar-refractivity contribution in [3.8, 4) is 0 Å². The molecule has 0 aliphatic heterocycles. The highest BCUT2D eigenvalue weighted by Crippen LogP contribution is 2.28. The predicted octanol–water partition coefficient (Wildman–Crippen LogP) is 3.12. The fourth-order valence-electron chi connectivity index (χ4n) is 0.817. The molecule has 66 valence electrons. The molecule has 1 rings (SSSR count). The van der Waals surface area contributed by atoms with Gasteiger partial charge >= 0.3 is 0 Å². The Bertz CT molecular complexity index is 301. The topological polar surface area (TPSA) is 12.9 Å². The summed E-state index contributed by atoms with van der Waals surface area (Å²) >= 11 is 5.47. The summed E-state index contributed by atoms with van der Waals surface area (Å²) in [6, 6.07) is 0. The summed E-state index contributed by atoms with van der Waals surface area (Å²) in [6.07, 6.45) is -1.87. The Balaban J connectivity index is 3.33. The van der Waals surface area contributed by atoms with E-state index in [0.717, 1.165) is 6.20 Å². The maximum atomic E-state index is 12.6. The van der Waals surface area contributed by atoms with Gasteiger partial charge in [0, 0.05) is 6.20 Å². The molecule has 0 spiro atoms. The van der Waals surface area contributed by atoms with Crippen molar-refractivity contribution in [2.45, 2.75) is 13.3 Å². The summed E-state index contributed by atoms with van der Waals surface area (Å²) in [5, 5.41) is 0.0479. The van der Waals surface area contributed by atoms with Gasteiger partial charge in [0.05, 0.1) is 10.6 Å². The standard InChI is InChI=1S/C7H5ClF3N/c1-3-4(8)2-12-7(11)5(3)6(9)10/h2,6H,1H3. The highest BCUT2D eigenvalue weighted by Gasteiger charge is 2.18. The van der Waals surface area contributed by atoms with Crippen molar-refractivity contribution in [1.29, 1.82) is 0 Å². The van der Waals surface area contributed by atoms with Crippen LogP contribution in [-0.4, -0.2) is 4.98 Å². The molecule has 0 aliphatic rings. The van der Waals surface area contributed by atoms with Crippen LogP contribution in [0.4, 0.5) is 13.2 Å². The van der Waals surface area contributed by atoms with Crippen LogP contribution in [0.3, 0.4) is 0 Å². The Hall–Kier alpha value is -0.770. The van der Waals surface area contributed by atoms with Crippen molar-refractivity contribution < 1.29 is 13.2 Å². The van der Waals surface area contributed by atoms with Crippen molar-refractivity contribution in [2.24, 2.45) is 0 Å². The van der Waals surface area contributed by atoms with Crippen molar-refractivity contribution in [1.82, 2.24) is 4.98 Å². The van der Waals surface area contributed by atoms with Gasteiger partial charge in [0.1, 0.15) is 0 Å². The zero-order valence-corrected chi connectivity index (χ0v) is 6.87. The Kier molecular flexibility index (Phi) is 2.57. The number of rotatable bonds is 1. The van der Waals surface area contributed by atoms with Gasteiger partial charge in [-0.1, -0.05) is 11.6 Å². The van der Waals surface area contributed by atoms with Gasteiger partial charge < -0.3 is 0 Å². The van der Waals surface area contributed by atoms with Gasteiger partial charge in [-0.15, -0.1) is 0 Å². The van der Waals surface area contributed by atoms with Gasteiger partial charge in [-0.3, -0.25) is 0 Å². The number of pyridine rings is 1. The van der Waals surface area contributed by atoms with E-state index in [9.17, 15) is 13.2 Å². The first-order chi connectivity index (χ1) is 5.54. The highest BCUT2D eigenvalue weighted by atomic mass is 35.5. The molecule has 0 atom stereocenters. The minimum absolute atomic E-state index is 0.0409. The van der Waals surface area contributed by atoms with E-state index in [-0.39, 0.29) is 10.6 Å². The molecule has 0 saturated heterocycles. The number of nitrogens with zero attached hydrogens (tertiary/aromatic N) is 1. The first-order valence-electron chi connectivity index (χ1n) is 3.12.